The highest BCUT2D eigenvalue weighted by atomic mass is 16.5. The summed E-state index contributed by atoms with van der Waals surface area (Å²) < 4.78 is 10.2. The van der Waals surface area contributed by atoms with Gasteiger partial charge in [0.2, 0.25) is 0 Å². The number of rotatable bonds is 5. The van der Waals surface area contributed by atoms with Crippen molar-refractivity contribution >= 4 is 0 Å². The van der Waals surface area contributed by atoms with E-state index >= 15 is 0 Å². The molecule has 0 unspecified atom stereocenters. The second-order valence-electron chi connectivity index (χ2n) is 2.91. The van der Waals surface area contributed by atoms with Crippen LogP contribution >= 0.6 is 0 Å². The molecule has 0 aromatic carbocycles. The molecule has 0 aliphatic carbocycles. The molecule has 0 fully saturated rings. The molecule has 0 aliphatic rings. The van der Waals surface area contributed by atoms with E-state index in [0.29, 0.717) is 18.2 Å². The Morgan fingerprint density at radius 2 is 2.07 bits per heavy atom. The number of hydrogen-bond acceptors (Lipinski definition) is 4. The topological polar surface area (TPSA) is 57.4 Å². The second-order valence-corrected chi connectivity index (χ2v) is 2.91. The molecular weight excluding hydrogens is 180 g/mol. The van der Waals surface area contributed by atoms with Crippen molar-refractivity contribution in [1.82, 2.24) is 4.98 Å². The van der Waals surface area contributed by atoms with Crippen LogP contribution in [0.3, 0.4) is 0 Å². The number of nitrogens with zero attached hydrogens (tertiary/aromatic N) is 1. The lowest BCUT2D eigenvalue weighted by molar-refractivity contribution is 0.341. The van der Waals surface area contributed by atoms with Gasteiger partial charge < -0.3 is 15.2 Å². The molecule has 0 radical (unpaired) electrons. The molecular formula is C10H16N2O2. The van der Waals surface area contributed by atoms with E-state index in [9.17, 15) is 0 Å². The molecule has 1 aromatic heterocycles. The van der Waals surface area contributed by atoms with Gasteiger partial charge in [0, 0.05) is 5.69 Å². The molecule has 14 heavy (non-hydrogen) atoms. The van der Waals surface area contributed by atoms with Gasteiger partial charge in [0.05, 0.1) is 14.2 Å². The first-order valence-electron chi connectivity index (χ1n) is 4.59. The lowest BCUT2D eigenvalue weighted by atomic mass is 10.2. The summed E-state index contributed by atoms with van der Waals surface area (Å²) in [6.45, 7) is 0.677. The van der Waals surface area contributed by atoms with Crippen molar-refractivity contribution in [3.8, 4) is 11.6 Å². The zero-order valence-corrected chi connectivity index (χ0v) is 8.62. The van der Waals surface area contributed by atoms with Gasteiger partial charge in [-0.15, -0.1) is 0 Å². The fraction of sp³-hybridized carbons (Fsp3) is 0.500. The molecule has 1 aromatic rings. The van der Waals surface area contributed by atoms with Crippen molar-refractivity contribution in [3.63, 3.8) is 0 Å². The maximum absolute atomic E-state index is 5.42. The van der Waals surface area contributed by atoms with E-state index in [-0.39, 0.29) is 0 Å². The van der Waals surface area contributed by atoms with E-state index in [4.69, 9.17) is 15.2 Å². The Kier molecular flexibility index (Phi) is 4.19. The summed E-state index contributed by atoms with van der Waals surface area (Å²) in [5.41, 5.74) is 6.40. The molecule has 78 valence electrons. The predicted octanol–water partition coefficient (Wildman–Crippen LogP) is 0.990. The average molecular weight is 196 g/mol. The third-order valence-electron chi connectivity index (χ3n) is 1.93. The van der Waals surface area contributed by atoms with Gasteiger partial charge in [0.1, 0.15) is 0 Å². The smallest absolute Gasteiger partial charge is 0.256 e. The van der Waals surface area contributed by atoms with Crippen LogP contribution < -0.4 is 15.2 Å². The monoisotopic (exact) mass is 196 g/mol. The molecule has 0 bridgehead atoms. The minimum atomic E-state index is 0.530. The van der Waals surface area contributed by atoms with Crippen LogP contribution in [-0.2, 0) is 6.42 Å². The summed E-state index contributed by atoms with van der Waals surface area (Å²) in [5.74, 6) is 1.19. The van der Waals surface area contributed by atoms with Gasteiger partial charge >= 0.3 is 0 Å². The predicted molar refractivity (Wildman–Crippen MR) is 54.7 cm³/mol. The number of ether oxygens (including phenoxy) is 2. The van der Waals surface area contributed by atoms with Crippen LogP contribution in [0.1, 0.15) is 12.1 Å². The molecule has 0 atom stereocenters. The van der Waals surface area contributed by atoms with E-state index in [2.05, 4.69) is 4.98 Å². The van der Waals surface area contributed by atoms with Crippen molar-refractivity contribution in [2.45, 2.75) is 12.8 Å². The molecule has 0 saturated carbocycles. The molecule has 4 heteroatoms. The van der Waals surface area contributed by atoms with Crippen molar-refractivity contribution < 1.29 is 9.47 Å². The maximum Gasteiger partial charge on any atom is 0.256 e. The molecule has 0 spiro atoms. The molecule has 1 rings (SSSR count). The molecule has 4 nitrogen and oxygen atoms in total. The summed E-state index contributed by atoms with van der Waals surface area (Å²) >= 11 is 0. The molecule has 0 amide bonds. The number of hydrogen-bond donors (Lipinski definition) is 1. The van der Waals surface area contributed by atoms with Crippen molar-refractivity contribution in [3.05, 3.63) is 17.8 Å². The van der Waals surface area contributed by atoms with Crippen LogP contribution in [0, 0.1) is 0 Å². The molecule has 2 N–H and O–H groups in total. The van der Waals surface area contributed by atoms with Gasteiger partial charge in [-0.3, -0.25) is 0 Å². The van der Waals surface area contributed by atoms with E-state index in [0.717, 1.165) is 18.5 Å². The van der Waals surface area contributed by atoms with Gasteiger partial charge in [-0.2, -0.15) is 0 Å². The summed E-state index contributed by atoms with van der Waals surface area (Å²) in [6, 6.07) is 3.79. The van der Waals surface area contributed by atoms with Crippen molar-refractivity contribution in [2.75, 3.05) is 20.8 Å². The first kappa shape index (κ1) is 10.8. The lowest BCUT2D eigenvalue weighted by Gasteiger charge is -2.07. The maximum atomic E-state index is 5.42. The van der Waals surface area contributed by atoms with Gasteiger partial charge in [0.25, 0.3) is 5.88 Å². The minimum absolute atomic E-state index is 0.530. The van der Waals surface area contributed by atoms with Gasteiger partial charge in [0.15, 0.2) is 5.75 Å². The highest BCUT2D eigenvalue weighted by molar-refractivity contribution is 5.34. The van der Waals surface area contributed by atoms with Gasteiger partial charge in [-0.25, -0.2) is 4.98 Å². The number of pyridine rings is 1. The zero-order valence-electron chi connectivity index (χ0n) is 8.62. The summed E-state index contributed by atoms with van der Waals surface area (Å²) in [7, 11) is 3.18. The highest BCUT2D eigenvalue weighted by Crippen LogP contribution is 2.24. The number of methoxy groups -OCH3 is 2. The molecule has 0 aliphatic heterocycles. The number of aromatic nitrogens is 1. The molecule has 0 saturated heterocycles. The third-order valence-corrected chi connectivity index (χ3v) is 1.93. The summed E-state index contributed by atoms with van der Waals surface area (Å²) in [4.78, 5) is 4.30. The van der Waals surface area contributed by atoms with Crippen LogP contribution in [0.4, 0.5) is 0 Å². The van der Waals surface area contributed by atoms with Crippen molar-refractivity contribution in [1.29, 1.82) is 0 Å². The standard InChI is InChI=1S/C10H16N2O2/c1-13-9-6-5-8(4-3-7-11)12-10(9)14-2/h5-6H,3-4,7,11H2,1-2H3. The fourth-order valence-corrected chi connectivity index (χ4v) is 1.19. The summed E-state index contributed by atoms with van der Waals surface area (Å²) in [5, 5.41) is 0. The van der Waals surface area contributed by atoms with Gasteiger partial charge in [-0.05, 0) is 31.5 Å². The van der Waals surface area contributed by atoms with E-state index in [1.54, 1.807) is 14.2 Å². The third kappa shape index (κ3) is 2.60. The Balaban J connectivity index is 2.79. The van der Waals surface area contributed by atoms with Crippen LogP contribution in [0.5, 0.6) is 11.6 Å². The first-order chi connectivity index (χ1) is 6.81. The Hall–Kier alpha value is -1.29. The van der Waals surface area contributed by atoms with E-state index in [1.807, 2.05) is 12.1 Å². The van der Waals surface area contributed by atoms with Crippen LogP contribution in [0.15, 0.2) is 12.1 Å². The van der Waals surface area contributed by atoms with Crippen LogP contribution in [-0.4, -0.2) is 25.7 Å². The summed E-state index contributed by atoms with van der Waals surface area (Å²) in [6.07, 6.45) is 1.80. The Morgan fingerprint density at radius 1 is 1.29 bits per heavy atom. The normalized spacial score (nSPS) is 9.93. The highest BCUT2D eigenvalue weighted by Gasteiger charge is 2.05. The second kappa shape index (κ2) is 5.44. The quantitative estimate of drug-likeness (QED) is 0.763. The Labute approximate surface area is 84.0 Å². The molecule has 1 heterocycles. The lowest BCUT2D eigenvalue weighted by Crippen LogP contribution is -2.02. The number of nitrogens with two attached hydrogens (primary N) is 1. The zero-order chi connectivity index (χ0) is 10.4. The van der Waals surface area contributed by atoms with E-state index < -0.39 is 0 Å². The minimum Gasteiger partial charge on any atom is -0.491 e. The Bertz CT molecular complexity index is 289. The van der Waals surface area contributed by atoms with E-state index in [1.165, 1.54) is 0 Å². The SMILES string of the molecule is COc1ccc(CCCN)nc1OC. The van der Waals surface area contributed by atoms with Gasteiger partial charge in [-0.1, -0.05) is 0 Å². The largest absolute Gasteiger partial charge is 0.491 e. The average Bonchev–Trinajstić information content (AvgIpc) is 2.25. The Morgan fingerprint density at radius 3 is 2.64 bits per heavy atom. The first-order valence-corrected chi connectivity index (χ1v) is 4.59. The van der Waals surface area contributed by atoms with Crippen LogP contribution in [0.2, 0.25) is 0 Å². The van der Waals surface area contributed by atoms with Crippen molar-refractivity contribution in [2.24, 2.45) is 5.73 Å². The number of aryl methyl sites for hydroxylation is 1. The fourth-order valence-electron chi connectivity index (χ4n) is 1.19. The van der Waals surface area contributed by atoms with Crippen LogP contribution in [0.25, 0.3) is 0 Å².